The second kappa shape index (κ2) is 4.40. The normalized spacial score (nSPS) is 20.6. The monoisotopic (exact) mass is 108 g/mol. The first-order chi connectivity index (χ1) is 3.43. The van der Waals surface area contributed by atoms with E-state index in [0.29, 0.717) is 0 Å². The second-order valence-electron chi connectivity index (χ2n) is 1.46. The maximum atomic E-state index is 5.02. The molecule has 0 amide bonds. The van der Waals surface area contributed by atoms with Gasteiger partial charge in [-0.05, 0) is 0 Å². The summed E-state index contributed by atoms with van der Waals surface area (Å²) in [6, 6.07) is 0. The third-order valence-corrected chi connectivity index (χ3v) is 0.927. The van der Waals surface area contributed by atoms with Crippen molar-refractivity contribution >= 4 is 0 Å². The van der Waals surface area contributed by atoms with E-state index in [2.05, 4.69) is 6.92 Å². The number of ether oxygens (including phenoxy) is 2. The molecule has 8 heavy (non-hydrogen) atoms. The number of rotatable bonds is 1. The van der Waals surface area contributed by atoms with E-state index in [4.69, 9.17) is 9.47 Å². The van der Waals surface area contributed by atoms with Crippen molar-refractivity contribution in [1.29, 1.82) is 0 Å². The smallest absolute Gasteiger partial charge is 0.353 e. The Balaban J connectivity index is 0.000000490. The molecule has 1 fully saturated rings. The minimum Gasteiger partial charge on any atom is -0.353 e. The SMILES string of the molecule is [CH2-]CC1OCCO1.[Li+]. The summed E-state index contributed by atoms with van der Waals surface area (Å²) in [5.41, 5.74) is 0. The first kappa shape index (κ1) is 8.52. The van der Waals surface area contributed by atoms with E-state index in [1.54, 1.807) is 0 Å². The van der Waals surface area contributed by atoms with Crippen LogP contribution >= 0.6 is 0 Å². The Labute approximate surface area is 61.7 Å². The quantitative estimate of drug-likeness (QED) is 0.275. The summed E-state index contributed by atoms with van der Waals surface area (Å²) in [4.78, 5) is 0. The molecule has 0 bridgehead atoms. The van der Waals surface area contributed by atoms with Gasteiger partial charge in [0.2, 0.25) is 0 Å². The molecule has 0 saturated carbocycles. The van der Waals surface area contributed by atoms with Crippen LogP contribution in [0.4, 0.5) is 0 Å². The summed E-state index contributed by atoms with van der Waals surface area (Å²) >= 11 is 0. The Kier molecular flexibility index (Phi) is 4.69. The van der Waals surface area contributed by atoms with Gasteiger partial charge in [-0.25, -0.2) is 0 Å². The molecule has 0 aromatic heterocycles. The summed E-state index contributed by atoms with van der Waals surface area (Å²) in [6.45, 7) is 5.09. The minimum absolute atomic E-state index is 0. The van der Waals surface area contributed by atoms with Crippen molar-refractivity contribution < 1.29 is 28.3 Å². The van der Waals surface area contributed by atoms with Gasteiger partial charge in [-0.3, -0.25) is 0 Å². The minimum atomic E-state index is -0.0139. The molecule has 1 saturated heterocycles. The molecule has 1 aliphatic rings. The maximum absolute atomic E-state index is 5.02. The van der Waals surface area contributed by atoms with E-state index in [0.717, 1.165) is 19.6 Å². The van der Waals surface area contributed by atoms with Crippen LogP contribution < -0.4 is 18.9 Å². The van der Waals surface area contributed by atoms with Gasteiger partial charge in [0.05, 0.1) is 13.2 Å². The van der Waals surface area contributed by atoms with Gasteiger partial charge in [0.25, 0.3) is 0 Å². The topological polar surface area (TPSA) is 18.5 Å². The van der Waals surface area contributed by atoms with E-state index >= 15 is 0 Å². The Morgan fingerprint density at radius 2 is 1.88 bits per heavy atom. The van der Waals surface area contributed by atoms with Gasteiger partial charge in [0.15, 0.2) is 0 Å². The zero-order valence-corrected chi connectivity index (χ0v) is 5.22. The zero-order valence-electron chi connectivity index (χ0n) is 5.22. The van der Waals surface area contributed by atoms with Crippen LogP contribution in [0, 0.1) is 6.92 Å². The first-order valence-corrected chi connectivity index (χ1v) is 2.46. The van der Waals surface area contributed by atoms with Crippen LogP contribution in [-0.4, -0.2) is 19.5 Å². The van der Waals surface area contributed by atoms with Gasteiger partial charge >= 0.3 is 18.9 Å². The van der Waals surface area contributed by atoms with Gasteiger partial charge in [0, 0.05) is 0 Å². The van der Waals surface area contributed by atoms with Crippen molar-refractivity contribution in [3.63, 3.8) is 0 Å². The molecule has 3 heteroatoms. The van der Waals surface area contributed by atoms with Crippen molar-refractivity contribution in [2.75, 3.05) is 13.2 Å². The maximum Gasteiger partial charge on any atom is 1.00 e. The predicted molar refractivity (Wildman–Crippen MR) is 25.7 cm³/mol. The van der Waals surface area contributed by atoms with E-state index < -0.39 is 0 Å². The van der Waals surface area contributed by atoms with E-state index in [1.165, 1.54) is 0 Å². The second-order valence-corrected chi connectivity index (χ2v) is 1.46. The summed E-state index contributed by atoms with van der Waals surface area (Å²) in [7, 11) is 0. The molecule has 0 N–H and O–H groups in total. The summed E-state index contributed by atoms with van der Waals surface area (Å²) in [6.07, 6.45) is 0.708. The molecule has 0 unspecified atom stereocenters. The fraction of sp³-hybridized carbons (Fsp3) is 0.800. The summed E-state index contributed by atoms with van der Waals surface area (Å²) < 4.78 is 10.0. The van der Waals surface area contributed by atoms with Gasteiger partial charge in [0.1, 0.15) is 6.29 Å². The third kappa shape index (κ3) is 2.19. The zero-order chi connectivity index (χ0) is 5.11. The Bertz CT molecular complexity index is 52.4. The molecule has 0 radical (unpaired) electrons. The van der Waals surface area contributed by atoms with Gasteiger partial charge in [-0.2, -0.15) is 0 Å². The van der Waals surface area contributed by atoms with E-state index in [1.807, 2.05) is 0 Å². The molecule has 42 valence electrons. The molecule has 0 aromatic carbocycles. The molecule has 0 aliphatic carbocycles. The van der Waals surface area contributed by atoms with Crippen LogP contribution in [0.25, 0.3) is 0 Å². The standard InChI is InChI=1S/C5H9O2.Li/c1-2-5-6-3-4-7-5;/h5H,1-4H2;/q-1;+1. The van der Waals surface area contributed by atoms with Crippen molar-refractivity contribution in [2.24, 2.45) is 0 Å². The summed E-state index contributed by atoms with van der Waals surface area (Å²) in [5.74, 6) is 0. The number of hydrogen-bond acceptors (Lipinski definition) is 2. The molecular weight excluding hydrogens is 99.0 g/mol. The van der Waals surface area contributed by atoms with Crippen LogP contribution in [-0.2, 0) is 9.47 Å². The molecule has 0 atom stereocenters. The molecule has 2 nitrogen and oxygen atoms in total. The van der Waals surface area contributed by atoms with Crippen LogP contribution in [0.2, 0.25) is 0 Å². The van der Waals surface area contributed by atoms with Crippen LogP contribution in [0.1, 0.15) is 6.42 Å². The summed E-state index contributed by atoms with van der Waals surface area (Å²) in [5, 5.41) is 0. The largest absolute Gasteiger partial charge is 1.00 e. The van der Waals surface area contributed by atoms with Crippen LogP contribution in [0.3, 0.4) is 0 Å². The molecule has 0 aromatic rings. The molecule has 0 spiro atoms. The molecule has 1 heterocycles. The molecular formula is C5H9LiO2. The van der Waals surface area contributed by atoms with E-state index in [9.17, 15) is 0 Å². The van der Waals surface area contributed by atoms with E-state index in [-0.39, 0.29) is 25.2 Å². The average molecular weight is 108 g/mol. The third-order valence-electron chi connectivity index (χ3n) is 0.927. The first-order valence-electron chi connectivity index (χ1n) is 2.46. The van der Waals surface area contributed by atoms with Crippen LogP contribution in [0.5, 0.6) is 0 Å². The number of hydrogen-bond donors (Lipinski definition) is 0. The van der Waals surface area contributed by atoms with Gasteiger partial charge in [-0.1, -0.05) is 0 Å². The van der Waals surface area contributed by atoms with Crippen molar-refractivity contribution in [2.45, 2.75) is 12.7 Å². The molecule has 1 rings (SSSR count). The average Bonchev–Trinajstić information content (AvgIpc) is 2.14. The Morgan fingerprint density at radius 1 is 1.38 bits per heavy atom. The Morgan fingerprint density at radius 3 is 2.12 bits per heavy atom. The van der Waals surface area contributed by atoms with Crippen molar-refractivity contribution in [1.82, 2.24) is 0 Å². The van der Waals surface area contributed by atoms with Crippen molar-refractivity contribution in [3.05, 3.63) is 6.92 Å². The van der Waals surface area contributed by atoms with Crippen molar-refractivity contribution in [3.8, 4) is 0 Å². The molecule has 1 aliphatic heterocycles. The van der Waals surface area contributed by atoms with Crippen LogP contribution in [0.15, 0.2) is 0 Å². The predicted octanol–water partition coefficient (Wildman–Crippen LogP) is -2.41. The fourth-order valence-corrected chi connectivity index (χ4v) is 0.574. The Hall–Kier alpha value is 0.517. The van der Waals surface area contributed by atoms with Gasteiger partial charge in [-0.15, -0.1) is 6.42 Å². The fourth-order valence-electron chi connectivity index (χ4n) is 0.574. The van der Waals surface area contributed by atoms with Gasteiger partial charge < -0.3 is 16.4 Å².